The molecule has 0 spiro atoms. The van der Waals surface area contributed by atoms with Crippen molar-refractivity contribution in [1.82, 2.24) is 4.57 Å². The van der Waals surface area contributed by atoms with Crippen LogP contribution in [0.2, 0.25) is 5.02 Å². The summed E-state index contributed by atoms with van der Waals surface area (Å²) in [5.41, 5.74) is 0.839. The van der Waals surface area contributed by atoms with E-state index in [1.807, 2.05) is 17.0 Å². The number of aromatic nitrogens is 1. The van der Waals surface area contributed by atoms with Crippen molar-refractivity contribution >= 4 is 46.0 Å². The van der Waals surface area contributed by atoms with Gasteiger partial charge in [-0.2, -0.15) is 10.5 Å². The fraction of sp³-hybridized carbons (Fsp3) is 0.208. The summed E-state index contributed by atoms with van der Waals surface area (Å²) in [4.78, 5) is 26.7. The van der Waals surface area contributed by atoms with Gasteiger partial charge in [0.1, 0.15) is 22.5 Å². The topological polar surface area (TPSA) is 116 Å². The summed E-state index contributed by atoms with van der Waals surface area (Å²) < 4.78 is 1.71. The Balaban J connectivity index is 1.90. The van der Waals surface area contributed by atoms with Crippen LogP contribution in [0.5, 0.6) is 0 Å². The van der Waals surface area contributed by atoms with E-state index in [-0.39, 0.29) is 20.5 Å². The molecule has 1 aromatic heterocycles. The van der Waals surface area contributed by atoms with E-state index in [0.717, 1.165) is 43.7 Å². The second-order valence-corrected chi connectivity index (χ2v) is 9.15. The Morgan fingerprint density at radius 2 is 1.76 bits per heavy atom. The minimum Gasteiger partial charge on any atom is -0.366 e. The highest BCUT2D eigenvalue weighted by Gasteiger charge is 2.21. The first-order chi connectivity index (χ1) is 16.4. The van der Waals surface area contributed by atoms with Crippen LogP contribution >= 0.6 is 22.9 Å². The lowest BCUT2D eigenvalue weighted by Gasteiger charge is -2.28. The summed E-state index contributed by atoms with van der Waals surface area (Å²) in [5.74, 6) is 0. The molecule has 170 valence electrons. The third-order valence-corrected chi connectivity index (χ3v) is 6.88. The van der Waals surface area contributed by atoms with Crippen LogP contribution in [0.3, 0.4) is 0 Å². The highest BCUT2D eigenvalue weighted by atomic mass is 35.5. The Labute approximate surface area is 203 Å². The first-order valence-electron chi connectivity index (χ1n) is 10.5. The summed E-state index contributed by atoms with van der Waals surface area (Å²) in [6.45, 7) is 1.54. The van der Waals surface area contributed by atoms with Gasteiger partial charge < -0.3 is 4.90 Å². The molecule has 0 saturated carbocycles. The van der Waals surface area contributed by atoms with Crippen LogP contribution in [0.15, 0.2) is 47.3 Å². The molecule has 0 N–H and O–H groups in total. The van der Waals surface area contributed by atoms with Crippen molar-refractivity contribution in [3.05, 3.63) is 82.7 Å². The van der Waals surface area contributed by atoms with Gasteiger partial charge in [-0.15, -0.1) is 11.3 Å². The average molecular weight is 492 g/mol. The minimum absolute atomic E-state index is 0.0215. The van der Waals surface area contributed by atoms with Crippen molar-refractivity contribution in [2.24, 2.45) is 0 Å². The molecule has 10 heteroatoms. The second kappa shape index (κ2) is 9.92. The molecule has 3 aromatic rings. The zero-order chi connectivity index (χ0) is 24.2. The van der Waals surface area contributed by atoms with E-state index in [2.05, 4.69) is 0 Å². The zero-order valence-electron chi connectivity index (χ0n) is 17.9. The SMILES string of the molecule is N#CC(C#N)=c1s/c(=C/c2ccc(N3CCCCC3)c([N+](=O)[O-])c2)c(=O)n1-c1ccc(Cl)cc1. The maximum absolute atomic E-state index is 13.3. The summed E-state index contributed by atoms with van der Waals surface area (Å²) in [6, 6.07) is 15.0. The van der Waals surface area contributed by atoms with Crippen LogP contribution in [-0.4, -0.2) is 22.6 Å². The minimum atomic E-state index is -0.437. The normalized spacial score (nSPS) is 13.9. The van der Waals surface area contributed by atoms with E-state index >= 15 is 0 Å². The molecule has 1 aliphatic rings. The molecule has 0 bridgehead atoms. The summed E-state index contributed by atoms with van der Waals surface area (Å²) in [5, 5.41) is 31.1. The van der Waals surface area contributed by atoms with Crippen molar-refractivity contribution in [1.29, 1.82) is 10.5 Å². The summed E-state index contributed by atoms with van der Waals surface area (Å²) in [6.07, 6.45) is 4.64. The van der Waals surface area contributed by atoms with Gasteiger partial charge in [0, 0.05) is 24.2 Å². The third-order valence-electron chi connectivity index (χ3n) is 5.54. The van der Waals surface area contributed by atoms with E-state index in [9.17, 15) is 25.4 Å². The number of hydrogen-bond acceptors (Lipinski definition) is 7. The number of thiazole rings is 1. The molecule has 2 aromatic carbocycles. The Morgan fingerprint density at radius 1 is 1.09 bits per heavy atom. The number of piperidine rings is 1. The number of nitro groups is 1. The van der Waals surface area contributed by atoms with Gasteiger partial charge in [-0.05, 0) is 61.2 Å². The van der Waals surface area contributed by atoms with Crippen LogP contribution in [0.4, 0.5) is 11.4 Å². The molecule has 1 aliphatic heterocycles. The maximum atomic E-state index is 13.3. The van der Waals surface area contributed by atoms with Crippen LogP contribution in [-0.2, 0) is 0 Å². The molecule has 0 radical (unpaired) electrons. The van der Waals surface area contributed by atoms with Crippen molar-refractivity contribution < 1.29 is 4.92 Å². The molecular formula is C24H18ClN5O3S. The predicted octanol–water partition coefficient (Wildman–Crippen LogP) is 3.48. The van der Waals surface area contributed by atoms with Gasteiger partial charge in [0.25, 0.3) is 11.2 Å². The molecule has 8 nitrogen and oxygen atoms in total. The van der Waals surface area contributed by atoms with Crippen molar-refractivity contribution in [3.63, 3.8) is 0 Å². The standard InChI is InChI=1S/C24H18ClN5O3S/c25-18-5-7-19(8-6-18)29-23(31)22(34-24(29)17(14-26)15-27)13-16-4-9-20(21(12-16)30(32)33)28-10-2-1-3-11-28/h4-9,12-13H,1-3,10-11H2/b22-13+. The van der Waals surface area contributed by atoms with E-state index < -0.39 is 10.5 Å². The highest BCUT2D eigenvalue weighted by molar-refractivity contribution is 7.07. The molecule has 34 heavy (non-hydrogen) atoms. The van der Waals surface area contributed by atoms with Gasteiger partial charge in [-0.1, -0.05) is 17.7 Å². The molecular weight excluding hydrogens is 474 g/mol. The molecule has 2 heterocycles. The number of halogens is 1. The van der Waals surface area contributed by atoms with Crippen molar-refractivity contribution in [2.45, 2.75) is 19.3 Å². The van der Waals surface area contributed by atoms with Crippen molar-refractivity contribution in [2.75, 3.05) is 18.0 Å². The third kappa shape index (κ3) is 4.58. The largest absolute Gasteiger partial charge is 0.366 e. The molecule has 0 aliphatic carbocycles. The molecule has 0 amide bonds. The summed E-state index contributed by atoms with van der Waals surface area (Å²) in [7, 11) is 0. The lowest BCUT2D eigenvalue weighted by atomic mass is 10.1. The van der Waals surface area contributed by atoms with Crippen LogP contribution in [0.1, 0.15) is 24.8 Å². The number of benzene rings is 2. The molecule has 4 rings (SSSR count). The molecule has 0 unspecified atom stereocenters. The Kier molecular flexibility index (Phi) is 6.78. The monoisotopic (exact) mass is 491 g/mol. The quantitative estimate of drug-likeness (QED) is 0.407. The van der Waals surface area contributed by atoms with Gasteiger partial charge in [0.05, 0.1) is 15.1 Å². The molecule has 0 atom stereocenters. The fourth-order valence-corrected chi connectivity index (χ4v) is 5.11. The Hall–Kier alpha value is -3.92. The fourth-order valence-electron chi connectivity index (χ4n) is 3.93. The lowest BCUT2D eigenvalue weighted by molar-refractivity contribution is -0.384. The van der Waals surface area contributed by atoms with Gasteiger partial charge >= 0.3 is 0 Å². The predicted molar refractivity (Wildman–Crippen MR) is 132 cm³/mol. The lowest BCUT2D eigenvalue weighted by Crippen LogP contribution is -2.30. The Bertz CT molecular complexity index is 1500. The Morgan fingerprint density at radius 3 is 2.38 bits per heavy atom. The van der Waals surface area contributed by atoms with Crippen LogP contribution in [0, 0.1) is 32.8 Å². The second-order valence-electron chi connectivity index (χ2n) is 7.68. The van der Waals surface area contributed by atoms with Crippen molar-refractivity contribution in [3.8, 4) is 17.8 Å². The van der Waals surface area contributed by atoms with Gasteiger partial charge in [-0.3, -0.25) is 19.5 Å². The number of rotatable bonds is 4. The van der Waals surface area contributed by atoms with Gasteiger partial charge in [-0.25, -0.2) is 0 Å². The zero-order valence-corrected chi connectivity index (χ0v) is 19.5. The van der Waals surface area contributed by atoms with E-state index in [1.54, 1.807) is 42.5 Å². The number of nitro benzene ring substituents is 1. The van der Waals surface area contributed by atoms with Crippen LogP contribution in [0.25, 0.3) is 17.3 Å². The van der Waals surface area contributed by atoms with E-state index in [1.165, 1.54) is 10.6 Å². The maximum Gasteiger partial charge on any atom is 0.293 e. The van der Waals surface area contributed by atoms with Gasteiger partial charge in [0.15, 0.2) is 5.57 Å². The number of nitriles is 2. The molecule has 1 fully saturated rings. The average Bonchev–Trinajstić information content (AvgIpc) is 3.16. The highest BCUT2D eigenvalue weighted by Crippen LogP contribution is 2.31. The smallest absolute Gasteiger partial charge is 0.293 e. The number of hydrogen-bond donors (Lipinski definition) is 0. The van der Waals surface area contributed by atoms with Gasteiger partial charge in [0.2, 0.25) is 0 Å². The van der Waals surface area contributed by atoms with E-state index in [4.69, 9.17) is 11.6 Å². The molecule has 1 saturated heterocycles. The van der Waals surface area contributed by atoms with Crippen LogP contribution < -0.4 is 19.7 Å². The van der Waals surface area contributed by atoms with E-state index in [0.29, 0.717) is 22.0 Å². The first-order valence-corrected chi connectivity index (χ1v) is 11.7. The first kappa shape index (κ1) is 23.2. The summed E-state index contributed by atoms with van der Waals surface area (Å²) >= 11 is 6.94. The number of anilines is 1. The number of nitrogens with zero attached hydrogens (tertiary/aromatic N) is 5.